The Morgan fingerprint density at radius 3 is 2.68 bits per heavy atom. The van der Waals surface area contributed by atoms with Gasteiger partial charge in [-0.15, -0.1) is 17.9 Å². The molecule has 2 atom stereocenters. The molecule has 1 aromatic heterocycles. The number of carbonyl (C=O) groups excluding carboxylic acids is 1. The van der Waals surface area contributed by atoms with E-state index in [9.17, 15) is 14.7 Å². The third kappa shape index (κ3) is 3.24. The summed E-state index contributed by atoms with van der Waals surface area (Å²) in [6.07, 6.45) is 1.52. The van der Waals surface area contributed by atoms with Crippen molar-refractivity contribution in [1.29, 1.82) is 0 Å². The Kier molecular flexibility index (Phi) is 5.25. The summed E-state index contributed by atoms with van der Waals surface area (Å²) in [5, 5.41) is 10.6. The Labute approximate surface area is 166 Å². The summed E-state index contributed by atoms with van der Waals surface area (Å²) in [5.41, 5.74) is 1.36. The zero-order chi connectivity index (χ0) is 18.3. The number of hydrogen-bond donors (Lipinski definition) is 1. The van der Waals surface area contributed by atoms with E-state index < -0.39 is 17.9 Å². The Bertz CT molecular complexity index is 883. The van der Waals surface area contributed by atoms with E-state index in [0.717, 1.165) is 3.79 Å². The topological polar surface area (TPSA) is 57.6 Å². The number of aliphatic carboxylic acids is 1. The summed E-state index contributed by atoms with van der Waals surface area (Å²) in [6, 6.07) is 5.77. The monoisotopic (exact) mass is 459 g/mol. The van der Waals surface area contributed by atoms with Gasteiger partial charge in [0.25, 0.3) is 5.91 Å². The second-order valence-electron chi connectivity index (χ2n) is 5.52. The highest BCUT2D eigenvalue weighted by Crippen LogP contribution is 2.44. The standard InChI is InChI=1S/C17H12BrCl2NO3S/c1-2-5-21-14(17(23)24)13(8-3-4-10(19)11(20)6-8)9-7-12(18)25-15(9)16(21)22/h2-4,6-7,13-14H,1,5H2,(H,23,24). The van der Waals surface area contributed by atoms with Crippen molar-refractivity contribution >= 4 is 62.3 Å². The smallest absolute Gasteiger partial charge is 0.327 e. The van der Waals surface area contributed by atoms with E-state index in [1.807, 2.05) is 0 Å². The number of benzene rings is 1. The van der Waals surface area contributed by atoms with Gasteiger partial charge in [0.15, 0.2) is 0 Å². The van der Waals surface area contributed by atoms with Gasteiger partial charge >= 0.3 is 5.97 Å². The van der Waals surface area contributed by atoms with Crippen LogP contribution >= 0.6 is 50.5 Å². The number of halogens is 3. The number of carboxylic acids is 1. The average molecular weight is 461 g/mol. The average Bonchev–Trinajstić information content (AvgIpc) is 2.94. The normalized spacial score (nSPS) is 19.6. The van der Waals surface area contributed by atoms with Crippen LogP contribution in [0.15, 0.2) is 40.7 Å². The molecule has 0 saturated carbocycles. The molecule has 2 unspecified atom stereocenters. The molecule has 25 heavy (non-hydrogen) atoms. The zero-order valence-corrected chi connectivity index (χ0v) is 16.6. The fourth-order valence-electron chi connectivity index (χ4n) is 3.06. The highest BCUT2D eigenvalue weighted by molar-refractivity contribution is 9.11. The molecule has 0 aliphatic carbocycles. The lowest BCUT2D eigenvalue weighted by molar-refractivity contribution is -0.142. The molecule has 1 N–H and O–H groups in total. The summed E-state index contributed by atoms with van der Waals surface area (Å²) >= 11 is 16.8. The molecular formula is C17H12BrCl2NO3S. The molecule has 2 heterocycles. The number of thiophene rings is 1. The van der Waals surface area contributed by atoms with Crippen LogP contribution in [0, 0.1) is 0 Å². The Morgan fingerprint density at radius 1 is 1.36 bits per heavy atom. The lowest BCUT2D eigenvalue weighted by atomic mass is 9.81. The molecule has 0 fully saturated rings. The van der Waals surface area contributed by atoms with E-state index in [2.05, 4.69) is 22.5 Å². The summed E-state index contributed by atoms with van der Waals surface area (Å²) in [5.74, 6) is -1.95. The van der Waals surface area contributed by atoms with Gasteiger partial charge < -0.3 is 10.0 Å². The summed E-state index contributed by atoms with van der Waals surface area (Å²) in [6.45, 7) is 3.78. The predicted octanol–water partition coefficient (Wildman–Crippen LogP) is 5.04. The van der Waals surface area contributed by atoms with Crippen molar-refractivity contribution in [3.63, 3.8) is 0 Å². The third-order valence-electron chi connectivity index (χ3n) is 4.05. The van der Waals surface area contributed by atoms with Crippen molar-refractivity contribution in [3.8, 4) is 0 Å². The minimum atomic E-state index is -1.08. The number of rotatable bonds is 4. The van der Waals surface area contributed by atoms with Crippen molar-refractivity contribution in [3.05, 3.63) is 66.8 Å². The van der Waals surface area contributed by atoms with E-state index in [1.54, 1.807) is 24.3 Å². The molecule has 3 rings (SSSR count). The maximum absolute atomic E-state index is 12.8. The van der Waals surface area contributed by atoms with Gasteiger partial charge in [-0.05, 0) is 45.3 Å². The quantitative estimate of drug-likeness (QED) is 0.650. The molecule has 4 nitrogen and oxygen atoms in total. The molecule has 1 aromatic carbocycles. The van der Waals surface area contributed by atoms with Crippen molar-refractivity contribution in [1.82, 2.24) is 4.90 Å². The van der Waals surface area contributed by atoms with Gasteiger partial charge in [0, 0.05) is 12.5 Å². The molecule has 1 aliphatic heterocycles. The number of carbonyl (C=O) groups is 2. The van der Waals surface area contributed by atoms with Gasteiger partial charge in [-0.2, -0.15) is 0 Å². The SMILES string of the molecule is C=CCN1C(=O)c2sc(Br)cc2C(c2ccc(Cl)c(Cl)c2)C1C(=O)O. The van der Waals surface area contributed by atoms with Crippen molar-refractivity contribution in [2.75, 3.05) is 6.54 Å². The Hall–Kier alpha value is -1.34. The molecule has 1 aliphatic rings. The van der Waals surface area contributed by atoms with Gasteiger partial charge in [-0.3, -0.25) is 4.79 Å². The summed E-state index contributed by atoms with van der Waals surface area (Å²) in [4.78, 5) is 26.7. The van der Waals surface area contributed by atoms with E-state index in [4.69, 9.17) is 23.2 Å². The molecule has 0 radical (unpaired) electrons. The Morgan fingerprint density at radius 2 is 2.08 bits per heavy atom. The molecular weight excluding hydrogens is 449 g/mol. The first-order valence-corrected chi connectivity index (χ1v) is 9.60. The molecule has 8 heteroatoms. The molecule has 0 saturated heterocycles. The van der Waals surface area contributed by atoms with Crippen molar-refractivity contribution in [2.24, 2.45) is 0 Å². The molecule has 2 aromatic rings. The van der Waals surface area contributed by atoms with Crippen LogP contribution in [0.4, 0.5) is 0 Å². The van der Waals surface area contributed by atoms with Crippen LogP contribution in [0.5, 0.6) is 0 Å². The Balaban J connectivity index is 2.25. The van der Waals surface area contributed by atoms with E-state index in [0.29, 0.717) is 26.0 Å². The highest BCUT2D eigenvalue weighted by atomic mass is 79.9. The van der Waals surface area contributed by atoms with E-state index in [-0.39, 0.29) is 12.5 Å². The fraction of sp³-hybridized carbons (Fsp3) is 0.176. The van der Waals surface area contributed by atoms with Gasteiger partial charge in [0.05, 0.1) is 18.7 Å². The van der Waals surface area contributed by atoms with Gasteiger partial charge in [-0.25, -0.2) is 4.79 Å². The molecule has 0 bridgehead atoms. The first-order valence-electron chi connectivity index (χ1n) is 7.24. The second-order valence-corrected chi connectivity index (χ2v) is 8.76. The second kappa shape index (κ2) is 7.11. The zero-order valence-electron chi connectivity index (χ0n) is 12.7. The lowest BCUT2D eigenvalue weighted by Crippen LogP contribution is -2.52. The summed E-state index contributed by atoms with van der Waals surface area (Å²) < 4.78 is 0.764. The van der Waals surface area contributed by atoms with Crippen LogP contribution in [0.25, 0.3) is 0 Å². The maximum atomic E-state index is 12.8. The minimum absolute atomic E-state index is 0.141. The molecule has 0 spiro atoms. The van der Waals surface area contributed by atoms with Crippen LogP contribution < -0.4 is 0 Å². The number of amides is 1. The number of carboxylic acid groups (broad SMARTS) is 1. The largest absolute Gasteiger partial charge is 0.480 e. The third-order valence-corrected chi connectivity index (χ3v) is 6.43. The molecule has 1 amide bonds. The van der Waals surface area contributed by atoms with E-state index >= 15 is 0 Å². The molecule has 130 valence electrons. The first-order chi connectivity index (χ1) is 11.8. The highest BCUT2D eigenvalue weighted by Gasteiger charge is 2.45. The fourth-order valence-corrected chi connectivity index (χ4v) is 4.99. The van der Waals surface area contributed by atoms with Crippen LogP contribution in [-0.2, 0) is 4.79 Å². The van der Waals surface area contributed by atoms with Gasteiger partial charge in [0.2, 0.25) is 0 Å². The lowest BCUT2D eigenvalue weighted by Gasteiger charge is -2.38. The summed E-state index contributed by atoms with van der Waals surface area (Å²) in [7, 11) is 0. The van der Waals surface area contributed by atoms with E-state index in [1.165, 1.54) is 22.3 Å². The number of hydrogen-bond acceptors (Lipinski definition) is 3. The van der Waals surface area contributed by atoms with Crippen LogP contribution in [-0.4, -0.2) is 34.5 Å². The maximum Gasteiger partial charge on any atom is 0.327 e. The van der Waals surface area contributed by atoms with Crippen molar-refractivity contribution < 1.29 is 14.7 Å². The number of nitrogens with zero attached hydrogens (tertiary/aromatic N) is 1. The van der Waals surface area contributed by atoms with Crippen LogP contribution in [0.2, 0.25) is 10.0 Å². The van der Waals surface area contributed by atoms with Crippen molar-refractivity contribution in [2.45, 2.75) is 12.0 Å². The first kappa shape index (κ1) is 18.5. The van der Waals surface area contributed by atoms with Crippen LogP contribution in [0.3, 0.4) is 0 Å². The minimum Gasteiger partial charge on any atom is -0.480 e. The van der Waals surface area contributed by atoms with Gasteiger partial charge in [0.1, 0.15) is 6.04 Å². The van der Waals surface area contributed by atoms with Crippen LogP contribution in [0.1, 0.15) is 26.7 Å². The number of fused-ring (bicyclic) bond motifs is 1. The van der Waals surface area contributed by atoms with Gasteiger partial charge in [-0.1, -0.05) is 35.3 Å². The predicted molar refractivity (Wildman–Crippen MR) is 103 cm³/mol.